The van der Waals surface area contributed by atoms with Gasteiger partial charge in [0.25, 0.3) is 11.6 Å². The monoisotopic (exact) mass is 447 g/mol. The molecule has 3 heterocycles. The van der Waals surface area contributed by atoms with Crippen molar-refractivity contribution >= 4 is 45.1 Å². The van der Waals surface area contributed by atoms with Gasteiger partial charge < -0.3 is 24.5 Å². The number of rotatable bonds is 5. The first-order valence-corrected chi connectivity index (χ1v) is 10.5. The number of carbonyl (C=O) groups excluding carboxylic acids is 2. The van der Waals surface area contributed by atoms with E-state index in [9.17, 15) is 19.7 Å². The van der Waals surface area contributed by atoms with E-state index in [-0.39, 0.29) is 23.9 Å². The number of hydrogen-bond acceptors (Lipinski definition) is 6. The maximum atomic E-state index is 12.9. The average molecular weight is 447 g/mol. The molecule has 0 aliphatic carbocycles. The van der Waals surface area contributed by atoms with Gasteiger partial charge in [0, 0.05) is 61.0 Å². The summed E-state index contributed by atoms with van der Waals surface area (Å²) in [6.07, 6.45) is 1.78. The van der Waals surface area contributed by atoms with E-state index >= 15 is 0 Å². The van der Waals surface area contributed by atoms with Crippen LogP contribution in [0.25, 0.3) is 21.9 Å². The molecule has 0 unspecified atom stereocenters. The average Bonchev–Trinajstić information content (AvgIpc) is 3.42. The predicted octanol–water partition coefficient (Wildman–Crippen LogP) is 2.74. The van der Waals surface area contributed by atoms with E-state index in [4.69, 9.17) is 10.2 Å². The van der Waals surface area contributed by atoms with Gasteiger partial charge in [-0.15, -0.1) is 0 Å². The van der Waals surface area contributed by atoms with Gasteiger partial charge in [-0.3, -0.25) is 19.7 Å². The lowest BCUT2D eigenvalue weighted by atomic mass is 10.2. The summed E-state index contributed by atoms with van der Waals surface area (Å²) in [6.45, 7) is 2.58. The number of piperazine rings is 1. The molecule has 0 spiro atoms. The smallest absolute Gasteiger partial charge is 0.284 e. The van der Waals surface area contributed by atoms with Crippen molar-refractivity contribution in [2.75, 3.05) is 31.1 Å². The van der Waals surface area contributed by atoms with E-state index in [1.54, 1.807) is 27.8 Å². The molecule has 0 atom stereocenters. The van der Waals surface area contributed by atoms with Gasteiger partial charge in [-0.05, 0) is 36.4 Å². The quantitative estimate of drug-likeness (QED) is 0.370. The molecule has 168 valence electrons. The number of non-ortho nitro benzene ring substituents is 1. The summed E-state index contributed by atoms with van der Waals surface area (Å²) in [7, 11) is 0. The highest BCUT2D eigenvalue weighted by atomic mass is 16.6. The number of aromatic nitrogens is 1. The predicted molar refractivity (Wildman–Crippen MR) is 122 cm³/mol. The van der Waals surface area contributed by atoms with Crippen LogP contribution in [0.5, 0.6) is 0 Å². The first kappa shape index (κ1) is 20.6. The van der Waals surface area contributed by atoms with Crippen LogP contribution in [0.4, 0.5) is 11.4 Å². The van der Waals surface area contributed by atoms with E-state index < -0.39 is 10.8 Å². The molecule has 1 aliphatic heterocycles. The Morgan fingerprint density at radius 1 is 1.00 bits per heavy atom. The standard InChI is InChI=1S/C23H21N5O5/c24-23(30)21-12-16-11-17(3-4-20(16)33-21)25-7-9-26(10-8-25)22(29)14-27-6-5-15-1-2-18(28(31)32)13-19(15)27/h1-6,11-13H,7-10,14H2,(H2,24,30). The molecular formula is C23H21N5O5. The van der Waals surface area contributed by atoms with Crippen molar-refractivity contribution in [1.82, 2.24) is 9.47 Å². The molecule has 5 rings (SSSR count). The first-order valence-electron chi connectivity index (χ1n) is 10.5. The number of carbonyl (C=O) groups is 2. The highest BCUT2D eigenvalue weighted by Crippen LogP contribution is 2.26. The van der Waals surface area contributed by atoms with Crippen molar-refractivity contribution in [2.24, 2.45) is 5.73 Å². The van der Waals surface area contributed by atoms with Crippen molar-refractivity contribution in [3.8, 4) is 0 Å². The number of fused-ring (bicyclic) bond motifs is 2. The fourth-order valence-electron chi connectivity index (χ4n) is 4.23. The normalized spacial score (nSPS) is 14.2. The van der Waals surface area contributed by atoms with Crippen molar-refractivity contribution < 1.29 is 18.9 Å². The third-order valence-corrected chi connectivity index (χ3v) is 6.01. The van der Waals surface area contributed by atoms with Crippen LogP contribution in [0.2, 0.25) is 0 Å². The lowest BCUT2D eigenvalue weighted by Crippen LogP contribution is -2.49. The highest BCUT2D eigenvalue weighted by Gasteiger charge is 2.22. The molecule has 10 nitrogen and oxygen atoms in total. The number of nitro groups is 1. The lowest BCUT2D eigenvalue weighted by Gasteiger charge is -2.36. The zero-order chi connectivity index (χ0) is 23.1. The molecule has 0 saturated carbocycles. The van der Waals surface area contributed by atoms with Crippen molar-refractivity contribution in [2.45, 2.75) is 6.54 Å². The van der Waals surface area contributed by atoms with Crippen molar-refractivity contribution in [3.63, 3.8) is 0 Å². The number of benzene rings is 2. The fraction of sp³-hybridized carbons (Fsp3) is 0.217. The second-order valence-corrected chi connectivity index (χ2v) is 8.01. The summed E-state index contributed by atoms with van der Waals surface area (Å²) in [4.78, 5) is 38.9. The Morgan fingerprint density at radius 3 is 2.52 bits per heavy atom. The fourth-order valence-corrected chi connectivity index (χ4v) is 4.23. The molecule has 1 aliphatic rings. The largest absolute Gasteiger partial charge is 0.451 e. The Balaban J connectivity index is 1.25. The van der Waals surface area contributed by atoms with Crippen LogP contribution < -0.4 is 10.6 Å². The molecule has 0 radical (unpaired) electrons. The number of amides is 2. The minimum absolute atomic E-state index is 0.000976. The number of furan rings is 1. The van der Waals surface area contributed by atoms with Crippen molar-refractivity contribution in [1.29, 1.82) is 0 Å². The van der Waals surface area contributed by atoms with Crippen LogP contribution in [-0.4, -0.2) is 52.4 Å². The van der Waals surface area contributed by atoms with Crippen molar-refractivity contribution in [3.05, 3.63) is 70.6 Å². The summed E-state index contributed by atoms with van der Waals surface area (Å²) < 4.78 is 7.19. The molecular weight excluding hydrogens is 426 g/mol. The minimum Gasteiger partial charge on any atom is -0.451 e. The lowest BCUT2D eigenvalue weighted by molar-refractivity contribution is -0.384. The van der Waals surface area contributed by atoms with Gasteiger partial charge in [0.05, 0.1) is 10.4 Å². The third-order valence-electron chi connectivity index (χ3n) is 6.01. The van der Waals surface area contributed by atoms with Crippen LogP contribution in [0.3, 0.4) is 0 Å². The molecule has 0 bridgehead atoms. The van der Waals surface area contributed by atoms with Crippen LogP contribution in [0.15, 0.2) is 59.1 Å². The Labute approximate surface area is 187 Å². The van der Waals surface area contributed by atoms with Gasteiger partial charge in [-0.2, -0.15) is 0 Å². The summed E-state index contributed by atoms with van der Waals surface area (Å²) in [6, 6.07) is 13.8. The molecule has 1 saturated heterocycles. The highest BCUT2D eigenvalue weighted by molar-refractivity contribution is 5.95. The van der Waals surface area contributed by atoms with E-state index in [1.807, 2.05) is 24.3 Å². The summed E-state index contributed by atoms with van der Waals surface area (Å²) in [5.74, 6) is -0.513. The maximum absolute atomic E-state index is 12.9. The number of anilines is 1. The van der Waals surface area contributed by atoms with Gasteiger partial charge in [0.15, 0.2) is 5.76 Å². The van der Waals surface area contributed by atoms with Gasteiger partial charge >= 0.3 is 0 Å². The number of nitrogens with two attached hydrogens (primary N) is 1. The minimum atomic E-state index is -0.607. The third kappa shape index (κ3) is 3.86. The SMILES string of the molecule is NC(=O)c1cc2cc(N3CCN(C(=O)Cn4ccc5ccc([N+](=O)[O-])cc54)CC3)ccc2o1. The van der Waals surface area contributed by atoms with Gasteiger partial charge in [0.1, 0.15) is 12.1 Å². The Hall–Kier alpha value is -4.34. The Kier molecular flexibility index (Phi) is 4.97. The first-order chi connectivity index (χ1) is 15.9. The molecule has 2 amide bonds. The molecule has 2 aromatic heterocycles. The van der Waals surface area contributed by atoms with Gasteiger partial charge in [-0.1, -0.05) is 0 Å². The van der Waals surface area contributed by atoms with Crippen LogP contribution in [0, 0.1) is 10.1 Å². The second-order valence-electron chi connectivity index (χ2n) is 8.01. The van der Waals surface area contributed by atoms with E-state index in [1.165, 1.54) is 12.1 Å². The number of hydrogen-bond donors (Lipinski definition) is 1. The van der Waals surface area contributed by atoms with Crippen LogP contribution >= 0.6 is 0 Å². The van der Waals surface area contributed by atoms with E-state index in [0.29, 0.717) is 37.3 Å². The van der Waals surface area contributed by atoms with Gasteiger partial charge in [-0.25, -0.2) is 0 Å². The second kappa shape index (κ2) is 7.97. The number of nitro benzene ring substituents is 1. The molecule has 33 heavy (non-hydrogen) atoms. The molecule has 1 fully saturated rings. The topological polar surface area (TPSA) is 128 Å². The molecule has 2 aromatic carbocycles. The summed E-state index contributed by atoms with van der Waals surface area (Å²) in [5, 5.41) is 12.7. The van der Waals surface area contributed by atoms with E-state index in [2.05, 4.69) is 4.90 Å². The summed E-state index contributed by atoms with van der Waals surface area (Å²) in [5.41, 5.74) is 7.54. The zero-order valence-corrected chi connectivity index (χ0v) is 17.6. The van der Waals surface area contributed by atoms with Crippen LogP contribution in [-0.2, 0) is 11.3 Å². The number of primary amides is 1. The van der Waals surface area contributed by atoms with Gasteiger partial charge in [0.2, 0.25) is 5.91 Å². The zero-order valence-electron chi connectivity index (χ0n) is 17.6. The molecule has 4 aromatic rings. The van der Waals surface area contributed by atoms with E-state index in [0.717, 1.165) is 16.5 Å². The Morgan fingerprint density at radius 2 is 1.79 bits per heavy atom. The maximum Gasteiger partial charge on any atom is 0.284 e. The molecule has 10 heteroatoms. The molecule has 2 N–H and O–H groups in total. The van der Waals surface area contributed by atoms with Crippen LogP contribution in [0.1, 0.15) is 10.6 Å². The Bertz CT molecular complexity index is 1400. The number of nitrogens with zero attached hydrogens (tertiary/aromatic N) is 4. The summed E-state index contributed by atoms with van der Waals surface area (Å²) >= 11 is 0.